The minimum Gasteiger partial charge on any atom is -0.379 e. The number of thiophene rings is 1. The Morgan fingerprint density at radius 1 is 1.07 bits per heavy atom. The number of ether oxygens (including phenoxy) is 1. The topological polar surface area (TPSA) is 41.6 Å². The van der Waals surface area contributed by atoms with Crippen LogP contribution in [0.15, 0.2) is 48.5 Å². The quantitative estimate of drug-likeness (QED) is 0.727. The third-order valence-electron chi connectivity index (χ3n) is 4.69. The number of carbonyl (C=O) groups is 1. The van der Waals surface area contributed by atoms with Gasteiger partial charge in [-0.15, -0.1) is 11.3 Å². The monoisotopic (exact) mass is 384 g/mol. The van der Waals surface area contributed by atoms with E-state index in [0.29, 0.717) is 11.4 Å². The van der Waals surface area contributed by atoms with Gasteiger partial charge in [0.1, 0.15) is 5.82 Å². The van der Waals surface area contributed by atoms with E-state index in [2.05, 4.69) is 34.5 Å². The lowest BCUT2D eigenvalue weighted by atomic mass is 10.1. The molecule has 3 aromatic rings. The van der Waals surface area contributed by atoms with E-state index in [0.717, 1.165) is 48.5 Å². The number of carbonyl (C=O) groups excluding carboxylic acids is 1. The highest BCUT2D eigenvalue weighted by atomic mass is 32.1. The van der Waals surface area contributed by atoms with Crippen LogP contribution in [0.1, 0.15) is 20.8 Å². The molecule has 4 rings (SSSR count). The van der Waals surface area contributed by atoms with Crippen LogP contribution in [-0.2, 0) is 17.8 Å². The molecular weight excluding hydrogens is 363 g/mol. The van der Waals surface area contributed by atoms with Gasteiger partial charge in [0.25, 0.3) is 5.91 Å². The number of hydrogen-bond acceptors (Lipinski definition) is 4. The van der Waals surface area contributed by atoms with Crippen LogP contribution in [-0.4, -0.2) is 37.1 Å². The van der Waals surface area contributed by atoms with Crippen LogP contribution in [0.4, 0.5) is 4.39 Å². The highest BCUT2D eigenvalue weighted by molar-refractivity contribution is 7.20. The third kappa shape index (κ3) is 4.53. The molecule has 1 aliphatic rings. The van der Waals surface area contributed by atoms with Crippen molar-refractivity contribution in [2.75, 3.05) is 26.3 Å². The van der Waals surface area contributed by atoms with Crippen molar-refractivity contribution in [3.05, 3.63) is 70.4 Å². The van der Waals surface area contributed by atoms with Crippen LogP contribution in [0, 0.1) is 5.82 Å². The lowest BCUT2D eigenvalue weighted by molar-refractivity contribution is 0.0342. The van der Waals surface area contributed by atoms with Crippen LogP contribution in [0.2, 0.25) is 0 Å². The number of halogens is 1. The zero-order valence-electron chi connectivity index (χ0n) is 14.9. The van der Waals surface area contributed by atoms with Gasteiger partial charge in [0, 0.05) is 30.9 Å². The van der Waals surface area contributed by atoms with Crippen molar-refractivity contribution in [3.8, 4) is 0 Å². The fourth-order valence-electron chi connectivity index (χ4n) is 3.18. The van der Waals surface area contributed by atoms with E-state index in [-0.39, 0.29) is 11.7 Å². The number of fused-ring (bicyclic) bond motifs is 1. The van der Waals surface area contributed by atoms with Crippen molar-refractivity contribution in [2.45, 2.75) is 13.1 Å². The van der Waals surface area contributed by atoms with Gasteiger partial charge in [0.2, 0.25) is 0 Å². The molecule has 27 heavy (non-hydrogen) atoms. The van der Waals surface area contributed by atoms with Crippen molar-refractivity contribution in [3.63, 3.8) is 0 Å². The van der Waals surface area contributed by atoms with Crippen LogP contribution < -0.4 is 5.32 Å². The summed E-state index contributed by atoms with van der Waals surface area (Å²) in [5.41, 5.74) is 2.32. The number of amides is 1. The van der Waals surface area contributed by atoms with E-state index in [4.69, 9.17) is 4.74 Å². The Morgan fingerprint density at radius 3 is 2.59 bits per heavy atom. The average molecular weight is 384 g/mol. The molecule has 2 heterocycles. The first kappa shape index (κ1) is 18.1. The zero-order valence-corrected chi connectivity index (χ0v) is 15.7. The first-order valence-corrected chi connectivity index (χ1v) is 9.84. The first-order valence-electron chi connectivity index (χ1n) is 9.02. The number of benzene rings is 2. The molecule has 2 aromatic carbocycles. The van der Waals surface area contributed by atoms with Gasteiger partial charge >= 0.3 is 0 Å². The summed E-state index contributed by atoms with van der Waals surface area (Å²) in [7, 11) is 0. The van der Waals surface area contributed by atoms with E-state index in [9.17, 15) is 9.18 Å². The van der Waals surface area contributed by atoms with Crippen molar-refractivity contribution < 1.29 is 13.9 Å². The van der Waals surface area contributed by atoms with Crippen LogP contribution in [0.25, 0.3) is 10.1 Å². The molecule has 1 fully saturated rings. The zero-order chi connectivity index (χ0) is 18.6. The van der Waals surface area contributed by atoms with Crippen molar-refractivity contribution >= 4 is 27.3 Å². The second kappa shape index (κ2) is 8.17. The molecule has 0 radical (unpaired) electrons. The van der Waals surface area contributed by atoms with E-state index in [1.165, 1.54) is 29.0 Å². The molecule has 1 N–H and O–H groups in total. The van der Waals surface area contributed by atoms with Crippen LogP contribution >= 0.6 is 11.3 Å². The van der Waals surface area contributed by atoms with Crippen molar-refractivity contribution in [1.82, 2.24) is 10.2 Å². The van der Waals surface area contributed by atoms with Gasteiger partial charge in [0.15, 0.2) is 0 Å². The fourth-order valence-corrected chi connectivity index (χ4v) is 4.14. The second-order valence-corrected chi connectivity index (χ2v) is 7.76. The largest absolute Gasteiger partial charge is 0.379 e. The molecule has 0 spiro atoms. The summed E-state index contributed by atoms with van der Waals surface area (Å²) in [5, 5.41) is 3.70. The third-order valence-corrected chi connectivity index (χ3v) is 5.80. The fraction of sp³-hybridized carbons (Fsp3) is 0.286. The molecule has 0 saturated carbocycles. The summed E-state index contributed by atoms with van der Waals surface area (Å²) in [4.78, 5) is 15.4. The molecule has 0 aliphatic carbocycles. The van der Waals surface area contributed by atoms with Crippen LogP contribution in [0.5, 0.6) is 0 Å². The van der Waals surface area contributed by atoms with E-state index >= 15 is 0 Å². The average Bonchev–Trinajstić information content (AvgIpc) is 3.11. The molecule has 1 aliphatic heterocycles. The van der Waals surface area contributed by atoms with Gasteiger partial charge in [-0.05, 0) is 40.8 Å². The van der Waals surface area contributed by atoms with E-state index < -0.39 is 0 Å². The van der Waals surface area contributed by atoms with Gasteiger partial charge in [-0.25, -0.2) is 4.39 Å². The lowest BCUT2D eigenvalue weighted by Crippen LogP contribution is -2.35. The summed E-state index contributed by atoms with van der Waals surface area (Å²) < 4.78 is 19.6. The molecule has 0 unspecified atom stereocenters. The van der Waals surface area contributed by atoms with Gasteiger partial charge in [0.05, 0.1) is 18.1 Å². The molecule has 1 saturated heterocycles. The summed E-state index contributed by atoms with van der Waals surface area (Å²) in [5.74, 6) is -0.418. The predicted molar refractivity (Wildman–Crippen MR) is 105 cm³/mol. The Balaban J connectivity index is 1.34. The van der Waals surface area contributed by atoms with Crippen molar-refractivity contribution in [1.29, 1.82) is 0 Å². The summed E-state index contributed by atoms with van der Waals surface area (Å²) in [6.07, 6.45) is 0. The Bertz CT molecular complexity index is 933. The summed E-state index contributed by atoms with van der Waals surface area (Å²) in [6.45, 7) is 4.93. The first-order chi connectivity index (χ1) is 13.2. The molecule has 6 heteroatoms. The highest BCUT2D eigenvalue weighted by Crippen LogP contribution is 2.26. The second-order valence-electron chi connectivity index (χ2n) is 6.68. The molecule has 0 bridgehead atoms. The maximum Gasteiger partial charge on any atom is 0.261 e. The Morgan fingerprint density at radius 2 is 1.81 bits per heavy atom. The number of morpholine rings is 1. The molecule has 1 amide bonds. The summed E-state index contributed by atoms with van der Waals surface area (Å²) in [6, 6.07) is 14.6. The Labute approximate surface area is 161 Å². The Hall–Kier alpha value is -2.28. The minimum absolute atomic E-state index is 0.131. The maximum atomic E-state index is 13.3. The lowest BCUT2D eigenvalue weighted by Gasteiger charge is -2.26. The van der Waals surface area contributed by atoms with Crippen molar-refractivity contribution in [2.24, 2.45) is 0 Å². The molecular formula is C21H21FN2O2S. The standard InChI is InChI=1S/C21H21FN2O2S/c22-18-5-6-19-17(11-18)12-20(27-19)21(25)23-13-15-1-3-16(4-2-15)14-24-7-9-26-10-8-24/h1-6,11-12H,7-10,13-14H2,(H,23,25). The van der Waals surface area contributed by atoms with Gasteiger partial charge in [-0.2, -0.15) is 0 Å². The molecule has 140 valence electrons. The highest BCUT2D eigenvalue weighted by Gasteiger charge is 2.12. The van der Waals surface area contributed by atoms with E-state index in [1.54, 1.807) is 12.1 Å². The van der Waals surface area contributed by atoms with E-state index in [1.807, 2.05) is 0 Å². The number of nitrogens with one attached hydrogen (secondary N) is 1. The number of nitrogens with zero attached hydrogens (tertiary/aromatic N) is 1. The predicted octanol–water partition coefficient (Wildman–Crippen LogP) is 3.80. The Kier molecular flexibility index (Phi) is 5.48. The normalized spacial score (nSPS) is 15.1. The molecule has 4 nitrogen and oxygen atoms in total. The van der Waals surface area contributed by atoms with Gasteiger partial charge < -0.3 is 10.1 Å². The summed E-state index contributed by atoms with van der Waals surface area (Å²) >= 11 is 1.38. The molecule has 1 aromatic heterocycles. The SMILES string of the molecule is O=C(NCc1ccc(CN2CCOCC2)cc1)c1cc2cc(F)ccc2s1. The van der Waals surface area contributed by atoms with Crippen LogP contribution in [0.3, 0.4) is 0 Å². The molecule has 0 atom stereocenters. The number of hydrogen-bond donors (Lipinski definition) is 1. The number of rotatable bonds is 5. The van der Waals surface area contributed by atoms with Gasteiger partial charge in [-0.1, -0.05) is 24.3 Å². The smallest absolute Gasteiger partial charge is 0.261 e. The maximum absolute atomic E-state index is 13.3. The van der Waals surface area contributed by atoms with Gasteiger partial charge in [-0.3, -0.25) is 9.69 Å². The minimum atomic E-state index is -0.288.